The van der Waals surface area contributed by atoms with E-state index < -0.39 is 0 Å². The summed E-state index contributed by atoms with van der Waals surface area (Å²) in [5.74, 6) is -0.200. The summed E-state index contributed by atoms with van der Waals surface area (Å²) in [5, 5.41) is 14.0. The molecule has 6 nitrogen and oxygen atoms in total. The van der Waals surface area contributed by atoms with Gasteiger partial charge in [-0.1, -0.05) is 17.3 Å². The van der Waals surface area contributed by atoms with Crippen LogP contribution in [0.3, 0.4) is 0 Å². The number of nitrogens with zero attached hydrogens (tertiary/aromatic N) is 3. The molecule has 2 aromatic rings. The van der Waals surface area contributed by atoms with Crippen molar-refractivity contribution >= 4 is 18.3 Å². The number of carbonyl (C=O) groups excluding carboxylic acids is 1. The summed E-state index contributed by atoms with van der Waals surface area (Å²) >= 11 is 0. The van der Waals surface area contributed by atoms with Crippen molar-refractivity contribution in [1.29, 1.82) is 0 Å². The second kappa shape index (κ2) is 7.91. The van der Waals surface area contributed by atoms with Crippen molar-refractivity contribution in [2.45, 2.75) is 26.8 Å². The molecule has 7 heteroatoms. The molecule has 0 bridgehead atoms. The van der Waals surface area contributed by atoms with Gasteiger partial charge >= 0.3 is 0 Å². The summed E-state index contributed by atoms with van der Waals surface area (Å²) in [4.78, 5) is 12.1. The van der Waals surface area contributed by atoms with Crippen molar-refractivity contribution in [3.63, 3.8) is 0 Å². The molecule has 120 valence electrons. The lowest BCUT2D eigenvalue weighted by atomic mass is 10.2. The molecule has 0 saturated carbocycles. The Morgan fingerprint density at radius 2 is 2.09 bits per heavy atom. The number of nitrogens with one attached hydrogen (secondary N) is 2. The Labute approximate surface area is 136 Å². The molecule has 1 aromatic heterocycles. The average molecular weight is 324 g/mol. The average Bonchev–Trinajstić information content (AvgIpc) is 2.86. The van der Waals surface area contributed by atoms with Gasteiger partial charge in [0.2, 0.25) is 0 Å². The first kappa shape index (κ1) is 18.1. The molecule has 1 heterocycles. The molecule has 1 unspecified atom stereocenters. The van der Waals surface area contributed by atoms with Gasteiger partial charge in [0.05, 0.1) is 11.4 Å². The van der Waals surface area contributed by atoms with Crippen molar-refractivity contribution in [2.24, 2.45) is 0 Å². The third-order valence-corrected chi connectivity index (χ3v) is 3.42. The summed E-state index contributed by atoms with van der Waals surface area (Å²) in [6.45, 7) is 6.41. The van der Waals surface area contributed by atoms with Gasteiger partial charge in [0.25, 0.3) is 5.91 Å². The minimum atomic E-state index is -0.200. The van der Waals surface area contributed by atoms with Gasteiger partial charge in [-0.25, -0.2) is 4.68 Å². The second-order valence-corrected chi connectivity index (χ2v) is 5.17. The van der Waals surface area contributed by atoms with Gasteiger partial charge in [0.15, 0.2) is 5.69 Å². The maximum Gasteiger partial charge on any atom is 0.273 e. The lowest BCUT2D eigenvalue weighted by Gasteiger charge is -2.10. The molecule has 2 rings (SSSR count). The Bertz CT molecular complexity index is 641. The molecule has 1 amide bonds. The maximum absolute atomic E-state index is 12.1. The first-order valence-corrected chi connectivity index (χ1v) is 6.97. The van der Waals surface area contributed by atoms with Crippen LogP contribution < -0.4 is 10.6 Å². The molecular weight excluding hydrogens is 302 g/mol. The molecule has 0 aliphatic rings. The van der Waals surface area contributed by atoms with Gasteiger partial charge in [0, 0.05) is 12.6 Å². The van der Waals surface area contributed by atoms with Crippen LogP contribution in [0, 0.1) is 13.8 Å². The standard InChI is InChI=1S/C15H21N5O.ClH/c1-10-6-5-7-13(8-10)20-12(3)14(18-19-20)15(21)17-9-11(2)16-4;/h5-8,11,16H,9H2,1-4H3,(H,17,21);1H. The van der Waals surface area contributed by atoms with E-state index in [-0.39, 0.29) is 24.4 Å². The Morgan fingerprint density at radius 1 is 1.36 bits per heavy atom. The molecule has 1 aromatic carbocycles. The summed E-state index contributed by atoms with van der Waals surface area (Å²) in [6, 6.07) is 8.13. The van der Waals surface area contributed by atoms with E-state index in [1.54, 1.807) is 4.68 Å². The van der Waals surface area contributed by atoms with Gasteiger partial charge in [-0.3, -0.25) is 4.79 Å². The van der Waals surface area contributed by atoms with E-state index in [1.165, 1.54) is 0 Å². The number of likely N-dealkylation sites (N-methyl/N-ethyl adjacent to an activating group) is 1. The van der Waals surface area contributed by atoms with Crippen LogP contribution in [0.4, 0.5) is 0 Å². The van der Waals surface area contributed by atoms with E-state index in [9.17, 15) is 4.79 Å². The van der Waals surface area contributed by atoms with Crippen LogP contribution in [0.25, 0.3) is 5.69 Å². The predicted octanol–water partition coefficient (Wildman–Crippen LogP) is 1.64. The monoisotopic (exact) mass is 323 g/mol. The molecule has 1 atom stereocenters. The SMILES string of the molecule is CNC(C)CNC(=O)c1nnn(-c2cccc(C)c2)c1C.Cl. The van der Waals surface area contributed by atoms with E-state index >= 15 is 0 Å². The molecule has 0 fully saturated rings. The number of carbonyl (C=O) groups is 1. The second-order valence-electron chi connectivity index (χ2n) is 5.17. The first-order chi connectivity index (χ1) is 10.0. The molecule has 0 spiro atoms. The molecule has 0 saturated heterocycles. The lowest BCUT2D eigenvalue weighted by molar-refractivity contribution is 0.0945. The van der Waals surface area contributed by atoms with Crippen LogP contribution >= 0.6 is 12.4 Å². The maximum atomic E-state index is 12.1. The smallest absolute Gasteiger partial charge is 0.273 e. The number of rotatable bonds is 5. The number of amides is 1. The molecule has 0 aliphatic heterocycles. The highest BCUT2D eigenvalue weighted by Gasteiger charge is 2.17. The molecular formula is C15H22ClN5O. The summed E-state index contributed by atoms with van der Waals surface area (Å²) < 4.78 is 1.68. The molecule has 0 radical (unpaired) electrons. The van der Waals surface area contributed by atoms with Crippen molar-refractivity contribution in [3.8, 4) is 5.69 Å². The van der Waals surface area contributed by atoms with Crippen LogP contribution in [0.2, 0.25) is 0 Å². The summed E-state index contributed by atoms with van der Waals surface area (Å²) in [7, 11) is 1.86. The van der Waals surface area contributed by atoms with Crippen LogP contribution in [-0.2, 0) is 0 Å². The minimum absolute atomic E-state index is 0. The number of aryl methyl sites for hydroxylation is 1. The van der Waals surface area contributed by atoms with Crippen LogP contribution in [-0.4, -0.2) is 40.5 Å². The number of hydrogen-bond acceptors (Lipinski definition) is 4. The lowest BCUT2D eigenvalue weighted by Crippen LogP contribution is -2.37. The highest BCUT2D eigenvalue weighted by molar-refractivity contribution is 5.93. The highest BCUT2D eigenvalue weighted by atomic mass is 35.5. The van der Waals surface area contributed by atoms with Gasteiger partial charge in [-0.2, -0.15) is 0 Å². The fraction of sp³-hybridized carbons (Fsp3) is 0.400. The van der Waals surface area contributed by atoms with E-state index in [0.717, 1.165) is 16.9 Å². The van der Waals surface area contributed by atoms with Gasteiger partial charge < -0.3 is 10.6 Å². The zero-order valence-electron chi connectivity index (χ0n) is 13.3. The third-order valence-electron chi connectivity index (χ3n) is 3.42. The van der Waals surface area contributed by atoms with Crippen molar-refractivity contribution in [3.05, 3.63) is 41.2 Å². The number of halogens is 1. The van der Waals surface area contributed by atoms with Crippen LogP contribution in [0.5, 0.6) is 0 Å². The molecule has 2 N–H and O–H groups in total. The fourth-order valence-corrected chi connectivity index (χ4v) is 1.98. The predicted molar refractivity (Wildman–Crippen MR) is 88.9 cm³/mol. The summed E-state index contributed by atoms with van der Waals surface area (Å²) in [5.41, 5.74) is 3.13. The number of aromatic nitrogens is 3. The number of benzene rings is 1. The van der Waals surface area contributed by atoms with Crippen LogP contribution in [0.15, 0.2) is 24.3 Å². The quantitative estimate of drug-likeness (QED) is 0.877. The largest absolute Gasteiger partial charge is 0.349 e. The minimum Gasteiger partial charge on any atom is -0.349 e. The van der Waals surface area contributed by atoms with E-state index in [0.29, 0.717) is 12.2 Å². The Morgan fingerprint density at radius 3 is 2.73 bits per heavy atom. The normalized spacial score (nSPS) is 11.6. The molecule has 0 aliphatic carbocycles. The Hall–Kier alpha value is -1.92. The Kier molecular flexibility index (Phi) is 6.52. The van der Waals surface area contributed by atoms with Crippen molar-refractivity contribution < 1.29 is 4.79 Å². The van der Waals surface area contributed by atoms with E-state index in [1.807, 2.05) is 52.1 Å². The third kappa shape index (κ3) is 4.05. The van der Waals surface area contributed by atoms with Crippen molar-refractivity contribution in [2.75, 3.05) is 13.6 Å². The fourth-order valence-electron chi connectivity index (χ4n) is 1.98. The van der Waals surface area contributed by atoms with Gasteiger partial charge in [-0.15, -0.1) is 17.5 Å². The van der Waals surface area contributed by atoms with Crippen molar-refractivity contribution in [1.82, 2.24) is 25.6 Å². The first-order valence-electron chi connectivity index (χ1n) is 6.97. The van der Waals surface area contributed by atoms with Gasteiger partial charge in [0.1, 0.15) is 0 Å². The summed E-state index contributed by atoms with van der Waals surface area (Å²) in [6.07, 6.45) is 0. The Balaban J connectivity index is 0.00000242. The zero-order chi connectivity index (χ0) is 15.4. The number of hydrogen-bond donors (Lipinski definition) is 2. The highest BCUT2D eigenvalue weighted by Crippen LogP contribution is 2.13. The molecule has 22 heavy (non-hydrogen) atoms. The van der Waals surface area contributed by atoms with Gasteiger partial charge in [-0.05, 0) is 45.5 Å². The topological polar surface area (TPSA) is 71.8 Å². The van der Waals surface area contributed by atoms with E-state index in [4.69, 9.17) is 0 Å². The van der Waals surface area contributed by atoms with Crippen LogP contribution in [0.1, 0.15) is 28.7 Å². The van der Waals surface area contributed by atoms with E-state index in [2.05, 4.69) is 20.9 Å². The zero-order valence-corrected chi connectivity index (χ0v) is 14.1.